The van der Waals surface area contributed by atoms with Crippen molar-refractivity contribution in [2.24, 2.45) is 0 Å². The van der Waals surface area contributed by atoms with Crippen LogP contribution in [0.25, 0.3) is 10.9 Å². The number of aryl methyl sites for hydroxylation is 1. The van der Waals surface area contributed by atoms with Gasteiger partial charge in [0.15, 0.2) is 0 Å². The number of halogens is 1. The standard InChI is InChI=1S/C18H17FN4O/c1-11-4-6-20-17(21-11)12-5-7-23(10-12)18(24)16-9-13-8-14(19)2-3-15(13)22-16/h2-4,6,8-9,12,22H,5,7,10H2,1H3. The summed E-state index contributed by atoms with van der Waals surface area (Å²) in [5.41, 5.74) is 2.18. The first-order valence-corrected chi connectivity index (χ1v) is 7.97. The van der Waals surface area contributed by atoms with Crippen molar-refractivity contribution in [1.29, 1.82) is 0 Å². The fourth-order valence-electron chi connectivity index (χ4n) is 3.21. The number of hydrogen-bond acceptors (Lipinski definition) is 3. The molecule has 4 rings (SSSR count). The minimum absolute atomic E-state index is 0.0678. The first-order valence-electron chi connectivity index (χ1n) is 7.97. The molecule has 1 atom stereocenters. The molecule has 24 heavy (non-hydrogen) atoms. The number of nitrogens with zero attached hydrogens (tertiary/aromatic N) is 3. The molecule has 122 valence electrons. The number of fused-ring (bicyclic) bond motifs is 1. The summed E-state index contributed by atoms with van der Waals surface area (Å²) in [6, 6.07) is 8.03. The quantitative estimate of drug-likeness (QED) is 0.788. The maximum atomic E-state index is 13.3. The lowest BCUT2D eigenvalue weighted by Gasteiger charge is -2.15. The van der Waals surface area contributed by atoms with E-state index in [0.29, 0.717) is 24.2 Å². The molecule has 0 bridgehead atoms. The van der Waals surface area contributed by atoms with Crippen molar-refractivity contribution >= 4 is 16.8 Å². The van der Waals surface area contributed by atoms with E-state index >= 15 is 0 Å². The van der Waals surface area contributed by atoms with Gasteiger partial charge in [0.05, 0.1) is 0 Å². The molecule has 0 radical (unpaired) electrons. The van der Waals surface area contributed by atoms with Crippen LogP contribution in [0.1, 0.15) is 34.3 Å². The van der Waals surface area contributed by atoms with E-state index in [2.05, 4.69) is 15.0 Å². The molecule has 3 aromatic rings. The lowest BCUT2D eigenvalue weighted by atomic mass is 10.1. The molecule has 0 saturated carbocycles. The molecule has 5 nitrogen and oxygen atoms in total. The molecule has 1 unspecified atom stereocenters. The number of hydrogen-bond donors (Lipinski definition) is 1. The van der Waals surface area contributed by atoms with Crippen molar-refractivity contribution in [2.45, 2.75) is 19.3 Å². The van der Waals surface area contributed by atoms with Gasteiger partial charge in [-0.2, -0.15) is 0 Å². The summed E-state index contributed by atoms with van der Waals surface area (Å²) >= 11 is 0. The molecule has 0 spiro atoms. The predicted molar refractivity (Wildman–Crippen MR) is 88.3 cm³/mol. The average Bonchev–Trinajstić information content (AvgIpc) is 3.21. The first-order chi connectivity index (χ1) is 11.6. The zero-order chi connectivity index (χ0) is 16.7. The summed E-state index contributed by atoms with van der Waals surface area (Å²) in [6.07, 6.45) is 2.61. The molecule has 1 N–H and O–H groups in total. The van der Waals surface area contributed by atoms with E-state index in [4.69, 9.17) is 0 Å². The number of amides is 1. The maximum Gasteiger partial charge on any atom is 0.270 e. The number of H-pyrrole nitrogens is 1. The number of nitrogens with one attached hydrogen (secondary N) is 1. The first kappa shape index (κ1) is 14.8. The van der Waals surface area contributed by atoms with E-state index in [1.807, 2.05) is 13.0 Å². The van der Waals surface area contributed by atoms with Crippen LogP contribution >= 0.6 is 0 Å². The van der Waals surface area contributed by atoms with E-state index in [1.54, 1.807) is 23.2 Å². The Morgan fingerprint density at radius 2 is 2.21 bits per heavy atom. The topological polar surface area (TPSA) is 61.9 Å². The van der Waals surface area contributed by atoms with E-state index in [9.17, 15) is 9.18 Å². The van der Waals surface area contributed by atoms with E-state index in [-0.39, 0.29) is 17.6 Å². The van der Waals surface area contributed by atoms with E-state index in [0.717, 1.165) is 23.5 Å². The Morgan fingerprint density at radius 1 is 1.33 bits per heavy atom. The van der Waals surface area contributed by atoms with Gasteiger partial charge in [0.1, 0.15) is 17.3 Å². The van der Waals surface area contributed by atoms with Crippen molar-refractivity contribution in [3.63, 3.8) is 0 Å². The monoisotopic (exact) mass is 324 g/mol. The van der Waals surface area contributed by atoms with Crippen LogP contribution in [0.3, 0.4) is 0 Å². The van der Waals surface area contributed by atoms with Crippen LogP contribution in [-0.4, -0.2) is 38.8 Å². The van der Waals surface area contributed by atoms with Crippen molar-refractivity contribution in [1.82, 2.24) is 19.9 Å². The van der Waals surface area contributed by atoms with Crippen LogP contribution in [0.5, 0.6) is 0 Å². The van der Waals surface area contributed by atoms with Crippen molar-refractivity contribution < 1.29 is 9.18 Å². The van der Waals surface area contributed by atoms with Crippen molar-refractivity contribution in [3.8, 4) is 0 Å². The molecular formula is C18H17FN4O. The Balaban J connectivity index is 1.54. The second-order valence-corrected chi connectivity index (χ2v) is 6.21. The molecule has 1 amide bonds. The minimum Gasteiger partial charge on any atom is -0.351 e. The third-order valence-electron chi connectivity index (χ3n) is 4.47. The van der Waals surface area contributed by atoms with Crippen molar-refractivity contribution in [3.05, 3.63) is 59.6 Å². The highest BCUT2D eigenvalue weighted by molar-refractivity contribution is 5.98. The van der Waals surface area contributed by atoms with Crippen molar-refractivity contribution in [2.75, 3.05) is 13.1 Å². The summed E-state index contributed by atoms with van der Waals surface area (Å²) in [4.78, 5) is 26.4. The number of benzene rings is 1. The lowest BCUT2D eigenvalue weighted by molar-refractivity contribution is 0.0785. The molecular weight excluding hydrogens is 307 g/mol. The van der Waals surface area contributed by atoms with Crippen LogP contribution in [0.15, 0.2) is 36.5 Å². The van der Waals surface area contributed by atoms with Crippen LogP contribution in [-0.2, 0) is 0 Å². The van der Waals surface area contributed by atoms with Crippen LogP contribution in [0.2, 0.25) is 0 Å². The Hall–Kier alpha value is -2.76. The Morgan fingerprint density at radius 3 is 3.04 bits per heavy atom. The molecule has 1 fully saturated rings. The van der Waals surface area contributed by atoms with Gasteiger partial charge in [0.25, 0.3) is 5.91 Å². The number of carbonyl (C=O) groups excluding carboxylic acids is 1. The zero-order valence-corrected chi connectivity index (χ0v) is 13.3. The molecule has 3 heterocycles. The summed E-state index contributed by atoms with van der Waals surface area (Å²) in [7, 11) is 0. The highest BCUT2D eigenvalue weighted by atomic mass is 19.1. The molecule has 1 saturated heterocycles. The number of rotatable bonds is 2. The molecule has 6 heteroatoms. The van der Waals surface area contributed by atoms with Gasteiger partial charge in [-0.15, -0.1) is 0 Å². The second kappa shape index (κ2) is 5.70. The third kappa shape index (κ3) is 2.64. The Kier molecular flexibility index (Phi) is 3.52. The zero-order valence-electron chi connectivity index (χ0n) is 13.3. The lowest BCUT2D eigenvalue weighted by Crippen LogP contribution is -2.28. The molecule has 1 aliphatic rings. The van der Waals surface area contributed by atoms with Gasteiger partial charge in [-0.1, -0.05) is 0 Å². The fourth-order valence-corrected chi connectivity index (χ4v) is 3.21. The minimum atomic E-state index is -0.307. The van der Waals surface area contributed by atoms with Gasteiger partial charge in [-0.3, -0.25) is 4.79 Å². The van der Waals surface area contributed by atoms with E-state index < -0.39 is 0 Å². The SMILES string of the molecule is Cc1ccnc(C2CCN(C(=O)c3cc4cc(F)ccc4[nH]3)C2)n1. The average molecular weight is 324 g/mol. The highest BCUT2D eigenvalue weighted by Gasteiger charge is 2.30. The van der Waals surface area contributed by atoms with Gasteiger partial charge >= 0.3 is 0 Å². The Labute approximate surface area is 138 Å². The molecule has 1 aromatic carbocycles. The molecule has 0 aliphatic carbocycles. The van der Waals surface area contributed by atoms with Crippen LogP contribution in [0, 0.1) is 12.7 Å². The Bertz CT molecular complexity index is 920. The summed E-state index contributed by atoms with van der Waals surface area (Å²) in [5, 5.41) is 0.705. The highest BCUT2D eigenvalue weighted by Crippen LogP contribution is 2.26. The van der Waals surface area contributed by atoms with E-state index in [1.165, 1.54) is 12.1 Å². The molecule has 1 aliphatic heterocycles. The maximum absolute atomic E-state index is 13.3. The van der Waals surface area contributed by atoms with Gasteiger partial charge in [0.2, 0.25) is 0 Å². The number of likely N-dealkylation sites (tertiary alicyclic amines) is 1. The summed E-state index contributed by atoms with van der Waals surface area (Å²) in [6.45, 7) is 3.21. The predicted octanol–water partition coefficient (Wildman–Crippen LogP) is 3.04. The fraction of sp³-hybridized carbons (Fsp3) is 0.278. The van der Waals surface area contributed by atoms with Crippen LogP contribution in [0.4, 0.5) is 4.39 Å². The van der Waals surface area contributed by atoms with Gasteiger partial charge in [0, 0.05) is 41.8 Å². The third-order valence-corrected chi connectivity index (χ3v) is 4.47. The van der Waals surface area contributed by atoms with Gasteiger partial charge < -0.3 is 9.88 Å². The number of carbonyl (C=O) groups is 1. The summed E-state index contributed by atoms with van der Waals surface area (Å²) in [5.74, 6) is 0.583. The molecule has 2 aromatic heterocycles. The largest absolute Gasteiger partial charge is 0.351 e. The normalized spacial score (nSPS) is 17.6. The van der Waals surface area contributed by atoms with Gasteiger partial charge in [-0.25, -0.2) is 14.4 Å². The number of aromatic amines is 1. The number of aromatic nitrogens is 3. The summed E-state index contributed by atoms with van der Waals surface area (Å²) < 4.78 is 13.3. The van der Waals surface area contributed by atoms with Crippen LogP contribution < -0.4 is 0 Å². The van der Waals surface area contributed by atoms with Gasteiger partial charge in [-0.05, 0) is 43.7 Å². The smallest absolute Gasteiger partial charge is 0.270 e. The second-order valence-electron chi connectivity index (χ2n) is 6.21.